The number of amides is 1. The Morgan fingerprint density at radius 2 is 1.67 bits per heavy atom. The van der Waals surface area contributed by atoms with Crippen LogP contribution < -0.4 is 9.64 Å². The number of halogens is 2. The summed E-state index contributed by atoms with van der Waals surface area (Å²) in [6, 6.07) is 6.61. The lowest BCUT2D eigenvalue weighted by molar-refractivity contribution is 0.0307. The number of carbonyl (C=O) groups is 1. The number of anilines is 1. The summed E-state index contributed by atoms with van der Waals surface area (Å²) in [6.07, 6.45) is 2.10. The molecule has 1 N–H and O–H groups in total. The van der Waals surface area contributed by atoms with E-state index >= 15 is 0 Å². The Balaban J connectivity index is 1.41. The fraction of sp³-hybridized carbons (Fsp3) is 0.464. The number of hydrogen-bond donors (Lipinski definition) is 1. The summed E-state index contributed by atoms with van der Waals surface area (Å²) in [5.41, 5.74) is 1.99. The molecule has 2 unspecified atom stereocenters. The highest BCUT2D eigenvalue weighted by atomic mass is 32.2. The number of aliphatic hydroxyl groups excluding tert-OH is 1. The first kappa shape index (κ1) is 26.4. The Hall–Kier alpha value is -2.86. The lowest BCUT2D eigenvalue weighted by atomic mass is 9.92. The fourth-order valence-corrected chi connectivity index (χ4v) is 6.88. The molecule has 8 nitrogen and oxygen atoms in total. The van der Waals surface area contributed by atoms with Crippen molar-refractivity contribution in [2.24, 2.45) is 0 Å². The molecule has 39 heavy (non-hydrogen) atoms. The van der Waals surface area contributed by atoms with Crippen LogP contribution in [0.25, 0.3) is 0 Å². The van der Waals surface area contributed by atoms with Gasteiger partial charge in [-0.05, 0) is 37.1 Å². The number of nitrogens with zero attached hydrogens (tertiary/aromatic N) is 3. The van der Waals surface area contributed by atoms with E-state index in [0.717, 1.165) is 12.5 Å². The van der Waals surface area contributed by atoms with E-state index in [4.69, 9.17) is 9.47 Å². The SMILES string of the molecule is O=C(c1cc2c(c(C3CCCN3c3cc(F)cc(F)c3)c1)OC(N1CCOCC1)=CC2O)N1CC[S+]([O-])CC1. The van der Waals surface area contributed by atoms with Crippen molar-refractivity contribution in [2.45, 2.75) is 25.0 Å². The quantitative estimate of drug-likeness (QED) is 0.576. The molecule has 3 saturated heterocycles. The van der Waals surface area contributed by atoms with Crippen molar-refractivity contribution in [3.8, 4) is 5.75 Å². The largest absolute Gasteiger partial charge is 0.616 e. The van der Waals surface area contributed by atoms with Gasteiger partial charge in [0.15, 0.2) is 5.88 Å². The van der Waals surface area contributed by atoms with Crippen molar-refractivity contribution in [3.05, 3.63) is 70.6 Å². The molecule has 6 rings (SSSR count). The molecule has 0 radical (unpaired) electrons. The van der Waals surface area contributed by atoms with Crippen LogP contribution in [0.15, 0.2) is 42.3 Å². The molecule has 2 atom stereocenters. The average molecular weight is 560 g/mol. The van der Waals surface area contributed by atoms with Crippen LogP contribution in [0, 0.1) is 11.6 Å². The molecular weight excluding hydrogens is 528 g/mol. The van der Waals surface area contributed by atoms with Gasteiger partial charge in [0.25, 0.3) is 5.91 Å². The molecule has 3 fully saturated rings. The van der Waals surface area contributed by atoms with Crippen molar-refractivity contribution in [1.82, 2.24) is 9.80 Å². The number of ether oxygens (including phenoxy) is 2. The smallest absolute Gasteiger partial charge is 0.254 e. The molecule has 0 bridgehead atoms. The first-order valence-corrected chi connectivity index (χ1v) is 14.8. The van der Waals surface area contributed by atoms with E-state index in [-0.39, 0.29) is 11.9 Å². The van der Waals surface area contributed by atoms with Crippen LogP contribution in [0.5, 0.6) is 5.75 Å². The second kappa shape index (κ2) is 11.0. The van der Waals surface area contributed by atoms with E-state index in [2.05, 4.69) is 0 Å². The number of hydrogen-bond acceptors (Lipinski definition) is 7. The summed E-state index contributed by atoms with van der Waals surface area (Å²) in [7, 11) is 0. The average Bonchev–Trinajstić information content (AvgIpc) is 3.42. The molecule has 4 heterocycles. The minimum Gasteiger partial charge on any atom is -0.616 e. The van der Waals surface area contributed by atoms with Gasteiger partial charge in [0.1, 0.15) is 35.0 Å². The fourth-order valence-electron chi connectivity index (χ4n) is 5.83. The highest BCUT2D eigenvalue weighted by molar-refractivity contribution is 7.91. The van der Waals surface area contributed by atoms with Gasteiger partial charge in [-0.25, -0.2) is 8.78 Å². The van der Waals surface area contributed by atoms with E-state index in [1.54, 1.807) is 23.1 Å². The Bertz CT molecular complexity index is 1260. The Morgan fingerprint density at radius 1 is 0.974 bits per heavy atom. The van der Waals surface area contributed by atoms with Crippen LogP contribution in [0.4, 0.5) is 14.5 Å². The second-order valence-electron chi connectivity index (χ2n) is 10.3. The normalized spacial score (nSPS) is 23.9. The number of carbonyl (C=O) groups excluding carboxylic acids is 1. The molecule has 0 aromatic heterocycles. The number of morpholine rings is 1. The molecule has 2 aromatic carbocycles. The number of rotatable bonds is 4. The summed E-state index contributed by atoms with van der Waals surface area (Å²) < 4.78 is 52.1. The van der Waals surface area contributed by atoms with Crippen LogP contribution in [0.2, 0.25) is 0 Å². The number of aliphatic hydroxyl groups is 1. The van der Waals surface area contributed by atoms with Crippen LogP contribution in [0.3, 0.4) is 0 Å². The molecule has 2 aromatic rings. The lowest BCUT2D eigenvalue weighted by Crippen LogP contribution is -2.43. The molecule has 4 aliphatic rings. The zero-order valence-corrected chi connectivity index (χ0v) is 22.3. The van der Waals surface area contributed by atoms with Crippen molar-refractivity contribution >= 4 is 22.8 Å². The Kier molecular flexibility index (Phi) is 7.41. The molecular formula is C28H31F2N3O5S. The monoisotopic (exact) mass is 559 g/mol. The maximum atomic E-state index is 14.2. The predicted octanol–water partition coefficient (Wildman–Crippen LogP) is 3.11. The topological polar surface area (TPSA) is 88.5 Å². The van der Waals surface area contributed by atoms with Gasteiger partial charge in [-0.15, -0.1) is 0 Å². The van der Waals surface area contributed by atoms with Crippen molar-refractivity contribution in [2.75, 3.05) is 62.3 Å². The molecule has 0 spiro atoms. The first-order chi connectivity index (χ1) is 18.9. The molecule has 208 valence electrons. The van der Waals surface area contributed by atoms with Crippen LogP contribution >= 0.6 is 0 Å². The Labute approximate surface area is 229 Å². The van der Waals surface area contributed by atoms with Gasteiger partial charge in [-0.2, -0.15) is 0 Å². The second-order valence-corrected chi connectivity index (χ2v) is 12.0. The maximum Gasteiger partial charge on any atom is 0.254 e. The van der Waals surface area contributed by atoms with Gasteiger partial charge >= 0.3 is 0 Å². The molecule has 11 heteroatoms. The van der Waals surface area contributed by atoms with Gasteiger partial charge in [0.2, 0.25) is 0 Å². The number of fused-ring (bicyclic) bond motifs is 1. The Morgan fingerprint density at radius 3 is 2.38 bits per heavy atom. The van der Waals surface area contributed by atoms with E-state index in [1.807, 2.05) is 9.80 Å². The van der Waals surface area contributed by atoms with Crippen LogP contribution in [-0.2, 0) is 15.9 Å². The first-order valence-electron chi connectivity index (χ1n) is 13.3. The van der Waals surface area contributed by atoms with E-state index in [1.165, 1.54) is 12.1 Å². The van der Waals surface area contributed by atoms with Gasteiger partial charge in [-0.3, -0.25) is 4.79 Å². The third kappa shape index (κ3) is 5.32. The van der Waals surface area contributed by atoms with E-state index in [9.17, 15) is 23.2 Å². The van der Waals surface area contributed by atoms with Crippen molar-refractivity contribution < 1.29 is 32.7 Å². The zero-order valence-electron chi connectivity index (χ0n) is 21.5. The van der Waals surface area contributed by atoms with E-state index < -0.39 is 28.9 Å². The number of benzene rings is 2. The standard InChI is InChI=1S/C28H31F2N3O5S/c29-19-14-20(30)16-21(15-19)33-3-1-2-24(33)22-12-18(28(35)32-6-10-39(36)11-7-32)13-23-25(34)17-26(38-27(22)23)31-4-8-37-9-5-31/h12-17,24-25,34H,1-11H2. The summed E-state index contributed by atoms with van der Waals surface area (Å²) >= 11 is -0.928. The van der Waals surface area contributed by atoms with Gasteiger partial charge < -0.3 is 33.8 Å². The summed E-state index contributed by atoms with van der Waals surface area (Å²) in [5.74, 6) is 0.342. The molecule has 0 aliphatic carbocycles. The highest BCUT2D eigenvalue weighted by Crippen LogP contribution is 2.46. The molecule has 4 aliphatic heterocycles. The van der Waals surface area contributed by atoms with Gasteiger partial charge in [-0.1, -0.05) is 11.2 Å². The third-order valence-electron chi connectivity index (χ3n) is 7.80. The van der Waals surface area contributed by atoms with Gasteiger partial charge in [0.05, 0.1) is 32.3 Å². The predicted molar refractivity (Wildman–Crippen MR) is 142 cm³/mol. The maximum absolute atomic E-state index is 14.2. The summed E-state index contributed by atoms with van der Waals surface area (Å²) in [5, 5.41) is 11.2. The van der Waals surface area contributed by atoms with Crippen LogP contribution in [-0.4, -0.2) is 82.8 Å². The summed E-state index contributed by atoms with van der Waals surface area (Å²) in [4.78, 5) is 19.2. The lowest BCUT2D eigenvalue weighted by Gasteiger charge is -2.36. The summed E-state index contributed by atoms with van der Waals surface area (Å²) in [6.45, 7) is 3.71. The highest BCUT2D eigenvalue weighted by Gasteiger charge is 2.36. The van der Waals surface area contributed by atoms with E-state index in [0.29, 0.717) is 97.9 Å². The van der Waals surface area contributed by atoms with Crippen molar-refractivity contribution in [1.29, 1.82) is 0 Å². The van der Waals surface area contributed by atoms with Crippen LogP contribution in [0.1, 0.15) is 46.5 Å². The minimum atomic E-state index is -1.01. The third-order valence-corrected chi connectivity index (χ3v) is 9.07. The van der Waals surface area contributed by atoms with Gasteiger partial charge in [0, 0.05) is 54.2 Å². The van der Waals surface area contributed by atoms with Crippen molar-refractivity contribution in [3.63, 3.8) is 0 Å². The minimum absolute atomic E-state index is 0.202. The zero-order chi connectivity index (χ0) is 27.1. The molecule has 0 saturated carbocycles. The molecule has 1 amide bonds.